The first kappa shape index (κ1) is 22.2. The van der Waals surface area contributed by atoms with Gasteiger partial charge in [0, 0.05) is 12.6 Å². The third-order valence-electron chi connectivity index (χ3n) is 3.62. The molecule has 1 aromatic carbocycles. The van der Waals surface area contributed by atoms with Crippen molar-refractivity contribution in [3.8, 4) is 5.75 Å². The second-order valence-electron chi connectivity index (χ2n) is 7.38. The maximum absolute atomic E-state index is 13.8. The Labute approximate surface area is 169 Å². The number of thioether (sulfide) groups is 1. The predicted octanol–water partition coefficient (Wildman–Crippen LogP) is 3.21. The molecule has 0 unspecified atom stereocenters. The molecular weight excluding hydrogens is 383 g/mol. The summed E-state index contributed by atoms with van der Waals surface area (Å²) in [6, 6.07) is 6.12. The predicted molar refractivity (Wildman–Crippen MR) is 106 cm³/mol. The Bertz CT molecular complexity index is 792. The van der Waals surface area contributed by atoms with E-state index in [0.717, 1.165) is 0 Å². The highest BCUT2D eigenvalue weighted by Gasteiger charge is 2.21. The number of nitrogens with one attached hydrogen (secondary N) is 1. The average Bonchev–Trinajstić information content (AvgIpc) is 3.01. The van der Waals surface area contributed by atoms with Crippen molar-refractivity contribution in [2.24, 2.45) is 0 Å². The van der Waals surface area contributed by atoms with E-state index in [9.17, 15) is 9.18 Å². The fourth-order valence-corrected chi connectivity index (χ4v) is 3.41. The van der Waals surface area contributed by atoms with E-state index in [1.165, 1.54) is 17.8 Å². The molecule has 1 heterocycles. The van der Waals surface area contributed by atoms with Crippen molar-refractivity contribution < 1.29 is 18.7 Å². The van der Waals surface area contributed by atoms with Gasteiger partial charge in [0.15, 0.2) is 22.5 Å². The molecule has 1 aromatic heterocycles. The molecular formula is C19H27FN4O3S. The number of benzene rings is 1. The Morgan fingerprint density at radius 1 is 1.32 bits per heavy atom. The highest BCUT2D eigenvalue weighted by Crippen LogP contribution is 2.24. The summed E-state index contributed by atoms with van der Waals surface area (Å²) in [5, 5.41) is 11.9. The molecule has 0 aliphatic carbocycles. The first-order valence-electron chi connectivity index (χ1n) is 8.95. The van der Waals surface area contributed by atoms with E-state index in [2.05, 4.69) is 15.5 Å². The van der Waals surface area contributed by atoms with E-state index in [1.54, 1.807) is 25.3 Å². The molecule has 7 nitrogen and oxygen atoms in total. The van der Waals surface area contributed by atoms with Gasteiger partial charge in [0.25, 0.3) is 0 Å². The van der Waals surface area contributed by atoms with Crippen LogP contribution in [0.4, 0.5) is 4.39 Å². The van der Waals surface area contributed by atoms with Crippen LogP contribution in [0.2, 0.25) is 0 Å². The molecule has 1 N–H and O–H groups in total. The van der Waals surface area contributed by atoms with Crippen LogP contribution in [0.3, 0.4) is 0 Å². The van der Waals surface area contributed by atoms with Crippen LogP contribution in [0.5, 0.6) is 5.75 Å². The first-order valence-corrected chi connectivity index (χ1v) is 9.93. The van der Waals surface area contributed by atoms with Crippen LogP contribution in [0, 0.1) is 5.82 Å². The molecule has 2 aromatic rings. The Balaban J connectivity index is 2.13. The normalized spacial score (nSPS) is 12.6. The highest BCUT2D eigenvalue weighted by molar-refractivity contribution is 7.99. The number of hydrogen-bond acceptors (Lipinski definition) is 6. The first-order chi connectivity index (χ1) is 13.2. The van der Waals surface area contributed by atoms with Crippen LogP contribution >= 0.6 is 11.8 Å². The zero-order chi connectivity index (χ0) is 20.7. The number of ether oxygens (including phenoxy) is 2. The minimum absolute atomic E-state index is 0.0523. The number of rotatable bonds is 9. The Kier molecular flexibility index (Phi) is 7.82. The molecule has 1 atom stereocenters. The molecule has 0 radical (unpaired) electrons. The van der Waals surface area contributed by atoms with Crippen molar-refractivity contribution >= 4 is 17.7 Å². The molecule has 0 saturated heterocycles. The Morgan fingerprint density at radius 3 is 2.68 bits per heavy atom. The monoisotopic (exact) mass is 410 g/mol. The number of carbonyl (C=O) groups excluding carboxylic acids is 1. The number of nitrogens with zero attached hydrogens (tertiary/aromatic N) is 3. The zero-order valence-electron chi connectivity index (χ0n) is 16.9. The van der Waals surface area contributed by atoms with Crippen LogP contribution in [0.1, 0.15) is 39.6 Å². The summed E-state index contributed by atoms with van der Waals surface area (Å²) in [5.74, 6) is 0.368. The topological polar surface area (TPSA) is 78.3 Å². The van der Waals surface area contributed by atoms with Crippen LogP contribution < -0.4 is 10.1 Å². The molecule has 9 heteroatoms. The van der Waals surface area contributed by atoms with Gasteiger partial charge in [0.2, 0.25) is 5.91 Å². The highest BCUT2D eigenvalue weighted by atomic mass is 32.2. The summed E-state index contributed by atoms with van der Waals surface area (Å²) in [5.41, 5.74) is -0.298. The summed E-state index contributed by atoms with van der Waals surface area (Å²) in [4.78, 5) is 12.1. The standard InChI is InChI=1S/C19H27FN4O3S/c1-13(10-26-5)24-16(11-27-15-9-7-6-8-14(15)20)22-23-18(24)28-12-17(25)21-19(2,3)4/h6-9,13H,10-12H2,1-5H3,(H,21,25)/t13-/m0/s1. The van der Waals surface area contributed by atoms with Gasteiger partial charge >= 0.3 is 0 Å². The van der Waals surface area contributed by atoms with Crippen LogP contribution in [-0.4, -0.2) is 45.7 Å². The maximum atomic E-state index is 13.8. The minimum Gasteiger partial charge on any atom is -0.483 e. The zero-order valence-corrected chi connectivity index (χ0v) is 17.7. The van der Waals surface area contributed by atoms with Gasteiger partial charge in [0.1, 0.15) is 6.61 Å². The van der Waals surface area contributed by atoms with Crippen molar-refractivity contribution in [2.75, 3.05) is 19.5 Å². The second-order valence-corrected chi connectivity index (χ2v) is 8.32. The number of aromatic nitrogens is 3. The van der Waals surface area contributed by atoms with Crippen LogP contribution in [0.25, 0.3) is 0 Å². The van der Waals surface area contributed by atoms with Crippen molar-refractivity contribution in [1.82, 2.24) is 20.1 Å². The fourth-order valence-electron chi connectivity index (χ4n) is 2.55. The van der Waals surface area contributed by atoms with Gasteiger partial charge in [-0.25, -0.2) is 4.39 Å². The van der Waals surface area contributed by atoms with E-state index < -0.39 is 5.82 Å². The number of methoxy groups -OCH3 is 1. The van der Waals surface area contributed by atoms with Gasteiger partial charge in [0.05, 0.1) is 18.4 Å². The van der Waals surface area contributed by atoms with E-state index in [-0.39, 0.29) is 35.6 Å². The smallest absolute Gasteiger partial charge is 0.230 e. The number of carbonyl (C=O) groups is 1. The van der Waals surface area contributed by atoms with Crippen molar-refractivity contribution in [2.45, 2.75) is 51.0 Å². The summed E-state index contributed by atoms with van der Waals surface area (Å²) in [7, 11) is 1.61. The fraction of sp³-hybridized carbons (Fsp3) is 0.526. The second kappa shape index (κ2) is 9.88. The van der Waals surface area contributed by atoms with E-state index in [1.807, 2.05) is 32.3 Å². The Hall–Kier alpha value is -2.13. The number of halogens is 1. The third-order valence-corrected chi connectivity index (χ3v) is 4.57. The molecule has 154 valence electrons. The summed E-state index contributed by atoms with van der Waals surface area (Å²) in [6.07, 6.45) is 0. The minimum atomic E-state index is -0.438. The van der Waals surface area contributed by atoms with Crippen LogP contribution in [-0.2, 0) is 16.1 Å². The third kappa shape index (κ3) is 6.49. The summed E-state index contributed by atoms with van der Waals surface area (Å²) < 4.78 is 26.5. The molecule has 28 heavy (non-hydrogen) atoms. The van der Waals surface area contributed by atoms with E-state index in [4.69, 9.17) is 9.47 Å². The lowest BCUT2D eigenvalue weighted by Crippen LogP contribution is -2.41. The number of hydrogen-bond donors (Lipinski definition) is 1. The Morgan fingerprint density at radius 2 is 2.04 bits per heavy atom. The van der Waals surface area contributed by atoms with Gasteiger partial charge in [-0.15, -0.1) is 10.2 Å². The lowest BCUT2D eigenvalue weighted by molar-refractivity contribution is -0.119. The van der Waals surface area contributed by atoms with Gasteiger partial charge in [-0.05, 0) is 39.8 Å². The van der Waals surface area contributed by atoms with Crippen molar-refractivity contribution in [3.05, 3.63) is 35.9 Å². The van der Waals surface area contributed by atoms with Crippen molar-refractivity contribution in [1.29, 1.82) is 0 Å². The number of amides is 1. The molecule has 0 spiro atoms. The lowest BCUT2D eigenvalue weighted by atomic mass is 10.1. The van der Waals surface area contributed by atoms with Gasteiger partial charge in [-0.1, -0.05) is 23.9 Å². The molecule has 1 amide bonds. The molecule has 0 fully saturated rings. The van der Waals surface area contributed by atoms with Crippen LogP contribution in [0.15, 0.2) is 29.4 Å². The number of para-hydroxylation sites is 1. The molecule has 0 aliphatic heterocycles. The molecule has 0 saturated carbocycles. The molecule has 2 rings (SSSR count). The largest absolute Gasteiger partial charge is 0.483 e. The van der Waals surface area contributed by atoms with Gasteiger partial charge in [-0.2, -0.15) is 0 Å². The lowest BCUT2D eigenvalue weighted by Gasteiger charge is -2.20. The maximum Gasteiger partial charge on any atom is 0.230 e. The summed E-state index contributed by atoms with van der Waals surface area (Å²) >= 11 is 1.29. The van der Waals surface area contributed by atoms with Crippen molar-refractivity contribution in [3.63, 3.8) is 0 Å². The SMILES string of the molecule is COC[C@H](C)n1c(COc2ccccc2F)nnc1SCC(=O)NC(C)(C)C. The van der Waals surface area contributed by atoms with E-state index >= 15 is 0 Å². The summed E-state index contributed by atoms with van der Waals surface area (Å²) in [6.45, 7) is 8.23. The van der Waals surface area contributed by atoms with Gasteiger partial charge in [-0.3, -0.25) is 9.36 Å². The van der Waals surface area contributed by atoms with E-state index in [0.29, 0.717) is 17.6 Å². The van der Waals surface area contributed by atoms with Gasteiger partial charge < -0.3 is 14.8 Å². The molecule has 0 bridgehead atoms. The average molecular weight is 411 g/mol. The quantitative estimate of drug-likeness (QED) is 0.640. The molecule has 0 aliphatic rings.